The molecular weight excluding hydrogens is 452 g/mol. The smallest absolute Gasteiger partial charge is 0.255 e. The zero-order valence-electron chi connectivity index (χ0n) is 19.0. The van der Waals surface area contributed by atoms with Gasteiger partial charge >= 0.3 is 0 Å². The number of benzene rings is 2. The van der Waals surface area contributed by atoms with Crippen molar-refractivity contribution in [2.75, 3.05) is 54.7 Å². The molecule has 1 N–H and O–H groups in total. The standard InChI is InChI=1S/C22H28N2O8S/c1-28-16-9-15(10-17(11-16)29-2)14-23-22(25)19-12-18(13-20(30-3)21(19)31-4)33(26,27)24-5-7-32-8-6-24/h9-13H,5-8,14H2,1-4H3,(H,23,25). The van der Waals surface area contributed by atoms with Crippen LogP contribution in [-0.2, 0) is 21.3 Å². The number of nitrogens with one attached hydrogen (secondary N) is 1. The van der Waals surface area contributed by atoms with E-state index in [0.717, 1.165) is 5.56 Å². The van der Waals surface area contributed by atoms with Gasteiger partial charge in [0.25, 0.3) is 5.91 Å². The van der Waals surface area contributed by atoms with Gasteiger partial charge in [-0.1, -0.05) is 0 Å². The van der Waals surface area contributed by atoms with E-state index in [1.165, 1.54) is 44.9 Å². The van der Waals surface area contributed by atoms with Crippen molar-refractivity contribution in [3.63, 3.8) is 0 Å². The van der Waals surface area contributed by atoms with Crippen molar-refractivity contribution in [2.45, 2.75) is 11.4 Å². The SMILES string of the molecule is COc1cc(CNC(=O)c2cc(S(=O)(=O)N3CCOCC3)cc(OC)c2OC)cc(OC)c1. The lowest BCUT2D eigenvalue weighted by atomic mass is 10.1. The Morgan fingerprint density at radius 1 is 0.939 bits per heavy atom. The fourth-order valence-corrected chi connectivity index (χ4v) is 4.89. The summed E-state index contributed by atoms with van der Waals surface area (Å²) in [4.78, 5) is 13.0. The summed E-state index contributed by atoms with van der Waals surface area (Å²) in [5.41, 5.74) is 0.779. The second kappa shape index (κ2) is 10.7. The van der Waals surface area contributed by atoms with E-state index < -0.39 is 15.9 Å². The van der Waals surface area contributed by atoms with Gasteiger partial charge in [0.05, 0.1) is 52.1 Å². The van der Waals surface area contributed by atoms with Gasteiger partial charge in [-0.3, -0.25) is 4.79 Å². The number of ether oxygens (including phenoxy) is 5. The maximum Gasteiger partial charge on any atom is 0.255 e. The van der Waals surface area contributed by atoms with Crippen LogP contribution in [-0.4, -0.2) is 73.4 Å². The molecule has 1 aliphatic heterocycles. The number of sulfonamides is 1. The van der Waals surface area contributed by atoms with Crippen molar-refractivity contribution < 1.29 is 36.9 Å². The van der Waals surface area contributed by atoms with Gasteiger partial charge in [0.2, 0.25) is 10.0 Å². The maximum atomic E-state index is 13.2. The van der Waals surface area contributed by atoms with Crippen LogP contribution in [0.1, 0.15) is 15.9 Å². The normalized spacial score (nSPS) is 14.4. The van der Waals surface area contributed by atoms with E-state index in [2.05, 4.69) is 5.32 Å². The summed E-state index contributed by atoms with van der Waals surface area (Å²) in [6.07, 6.45) is 0. The highest BCUT2D eigenvalue weighted by Gasteiger charge is 2.30. The van der Waals surface area contributed by atoms with E-state index in [1.54, 1.807) is 18.2 Å². The maximum absolute atomic E-state index is 13.2. The molecule has 33 heavy (non-hydrogen) atoms. The summed E-state index contributed by atoms with van der Waals surface area (Å²) in [6, 6.07) is 7.90. The number of carbonyl (C=O) groups is 1. The average molecular weight is 481 g/mol. The summed E-state index contributed by atoms with van der Waals surface area (Å²) >= 11 is 0. The second-order valence-electron chi connectivity index (χ2n) is 7.13. The summed E-state index contributed by atoms with van der Waals surface area (Å²) in [6.45, 7) is 1.23. The van der Waals surface area contributed by atoms with Crippen LogP contribution in [0, 0.1) is 0 Å². The van der Waals surface area contributed by atoms with Crippen LogP contribution in [0.5, 0.6) is 23.0 Å². The van der Waals surface area contributed by atoms with Crippen LogP contribution < -0.4 is 24.3 Å². The molecule has 0 bridgehead atoms. The molecule has 2 aromatic rings. The number of rotatable bonds is 9. The number of hydrogen-bond acceptors (Lipinski definition) is 8. The highest BCUT2D eigenvalue weighted by Crippen LogP contribution is 2.35. The van der Waals surface area contributed by atoms with Gasteiger partial charge in [0, 0.05) is 31.8 Å². The van der Waals surface area contributed by atoms with Crippen molar-refractivity contribution in [1.82, 2.24) is 9.62 Å². The minimum absolute atomic E-state index is 0.0403. The zero-order chi connectivity index (χ0) is 24.0. The van der Waals surface area contributed by atoms with Crippen LogP contribution in [0.25, 0.3) is 0 Å². The number of carbonyl (C=O) groups excluding carboxylic acids is 1. The first kappa shape index (κ1) is 24.6. The summed E-state index contributed by atoms with van der Waals surface area (Å²) in [7, 11) is 1.99. The Morgan fingerprint density at radius 3 is 2.12 bits per heavy atom. The first-order chi connectivity index (χ1) is 15.8. The third kappa shape index (κ3) is 5.49. The lowest BCUT2D eigenvalue weighted by molar-refractivity contribution is 0.0730. The van der Waals surface area contributed by atoms with Crippen molar-refractivity contribution in [1.29, 1.82) is 0 Å². The van der Waals surface area contributed by atoms with Crippen molar-refractivity contribution >= 4 is 15.9 Å². The molecule has 0 spiro atoms. The minimum Gasteiger partial charge on any atom is -0.497 e. The molecule has 10 nitrogen and oxygen atoms in total. The topological polar surface area (TPSA) is 113 Å². The van der Waals surface area contributed by atoms with Crippen molar-refractivity contribution in [3.05, 3.63) is 41.5 Å². The largest absolute Gasteiger partial charge is 0.497 e. The van der Waals surface area contributed by atoms with E-state index in [1.807, 2.05) is 0 Å². The quantitative estimate of drug-likeness (QED) is 0.577. The Morgan fingerprint density at radius 2 is 1.58 bits per heavy atom. The molecule has 0 atom stereocenters. The molecule has 0 saturated carbocycles. The highest BCUT2D eigenvalue weighted by molar-refractivity contribution is 7.89. The summed E-state index contributed by atoms with van der Waals surface area (Å²) in [5, 5.41) is 2.79. The molecule has 11 heteroatoms. The Hall–Kier alpha value is -3.02. The molecule has 1 saturated heterocycles. The third-order valence-electron chi connectivity index (χ3n) is 5.17. The van der Waals surface area contributed by atoms with Gasteiger partial charge in [-0.15, -0.1) is 0 Å². The van der Waals surface area contributed by atoms with Crippen molar-refractivity contribution in [2.24, 2.45) is 0 Å². The summed E-state index contributed by atoms with van der Waals surface area (Å²) in [5.74, 6) is 0.915. The second-order valence-corrected chi connectivity index (χ2v) is 9.06. The highest BCUT2D eigenvalue weighted by atomic mass is 32.2. The van der Waals surface area contributed by atoms with Gasteiger partial charge in [0.15, 0.2) is 11.5 Å². The van der Waals surface area contributed by atoms with E-state index in [4.69, 9.17) is 23.7 Å². The Balaban J connectivity index is 1.92. The molecule has 2 aromatic carbocycles. The first-order valence-corrected chi connectivity index (χ1v) is 11.6. The average Bonchev–Trinajstić information content (AvgIpc) is 2.86. The molecule has 0 radical (unpaired) electrons. The number of nitrogens with zero attached hydrogens (tertiary/aromatic N) is 1. The third-order valence-corrected chi connectivity index (χ3v) is 7.05. The summed E-state index contributed by atoms with van der Waals surface area (Å²) < 4.78 is 54.1. The Kier molecular flexibility index (Phi) is 8.01. The zero-order valence-corrected chi connectivity index (χ0v) is 19.9. The van der Waals surface area contributed by atoms with Gasteiger partial charge in [-0.2, -0.15) is 4.31 Å². The number of hydrogen-bond donors (Lipinski definition) is 1. The van der Waals surface area contributed by atoms with Crippen molar-refractivity contribution in [3.8, 4) is 23.0 Å². The van der Waals surface area contributed by atoms with Gasteiger partial charge < -0.3 is 29.0 Å². The molecule has 3 rings (SSSR count). The van der Waals surface area contributed by atoms with Crippen LogP contribution in [0.4, 0.5) is 0 Å². The van der Waals surface area contributed by atoms with E-state index in [-0.39, 0.29) is 41.6 Å². The van der Waals surface area contributed by atoms with Crippen LogP contribution >= 0.6 is 0 Å². The first-order valence-electron chi connectivity index (χ1n) is 10.2. The van der Waals surface area contributed by atoms with Crippen LogP contribution in [0.15, 0.2) is 35.2 Å². The molecule has 1 amide bonds. The Bertz CT molecular complexity index is 1080. The fraction of sp³-hybridized carbons (Fsp3) is 0.409. The van der Waals surface area contributed by atoms with Gasteiger partial charge in [-0.25, -0.2) is 8.42 Å². The van der Waals surface area contributed by atoms with Crippen LogP contribution in [0.3, 0.4) is 0 Å². The molecule has 0 aliphatic carbocycles. The minimum atomic E-state index is -3.86. The van der Waals surface area contributed by atoms with E-state index >= 15 is 0 Å². The van der Waals surface area contributed by atoms with Gasteiger partial charge in [0.1, 0.15) is 11.5 Å². The number of amides is 1. The molecule has 1 fully saturated rings. The van der Waals surface area contributed by atoms with E-state index in [9.17, 15) is 13.2 Å². The number of methoxy groups -OCH3 is 4. The van der Waals surface area contributed by atoms with Crippen LogP contribution in [0.2, 0.25) is 0 Å². The Labute approximate surface area is 193 Å². The van der Waals surface area contributed by atoms with E-state index in [0.29, 0.717) is 24.7 Å². The number of morpholine rings is 1. The monoisotopic (exact) mass is 480 g/mol. The lowest BCUT2D eigenvalue weighted by Crippen LogP contribution is -2.40. The predicted molar refractivity (Wildman–Crippen MR) is 120 cm³/mol. The molecule has 0 unspecified atom stereocenters. The molecule has 1 heterocycles. The molecule has 0 aromatic heterocycles. The fourth-order valence-electron chi connectivity index (χ4n) is 3.44. The lowest BCUT2D eigenvalue weighted by Gasteiger charge is -2.26. The van der Waals surface area contributed by atoms with Gasteiger partial charge in [-0.05, 0) is 23.8 Å². The molecule has 180 valence electrons. The molecule has 1 aliphatic rings. The predicted octanol–water partition coefficient (Wildman–Crippen LogP) is 1.67. The molecular formula is C22H28N2O8S.